The molecule has 0 saturated carbocycles. The van der Waals surface area contributed by atoms with Gasteiger partial charge in [-0.15, -0.1) is 0 Å². The summed E-state index contributed by atoms with van der Waals surface area (Å²) < 4.78 is 0. The fraction of sp³-hybridized carbons (Fsp3) is 0.364. The maximum absolute atomic E-state index is 11.9. The summed E-state index contributed by atoms with van der Waals surface area (Å²) in [6, 6.07) is 5.06. The summed E-state index contributed by atoms with van der Waals surface area (Å²) in [5.41, 5.74) is 0.790. The van der Waals surface area contributed by atoms with Crippen LogP contribution in [0.3, 0.4) is 0 Å². The van der Waals surface area contributed by atoms with Gasteiger partial charge in [0.15, 0.2) is 0 Å². The number of aromatic nitrogens is 1. The molecular weight excluding hydrogens is 190 g/mol. The Labute approximate surface area is 89.2 Å². The van der Waals surface area contributed by atoms with E-state index in [4.69, 9.17) is 5.26 Å². The van der Waals surface area contributed by atoms with Gasteiger partial charge in [-0.3, -0.25) is 4.79 Å². The van der Waals surface area contributed by atoms with Gasteiger partial charge in [0.25, 0.3) is 5.91 Å². The average Bonchev–Trinajstić information content (AvgIpc) is 2.30. The Bertz CT molecular complexity index is 391. The number of hydrogen-bond donors (Lipinski definition) is 0. The van der Waals surface area contributed by atoms with Gasteiger partial charge >= 0.3 is 0 Å². The molecule has 0 fully saturated rings. The van der Waals surface area contributed by atoms with E-state index in [0.717, 1.165) is 0 Å². The molecule has 0 atom stereocenters. The minimum absolute atomic E-state index is 0.0566. The molecule has 1 heterocycles. The van der Waals surface area contributed by atoms with Crippen LogP contribution in [0.15, 0.2) is 18.3 Å². The molecule has 78 valence electrons. The fourth-order valence-electron chi connectivity index (χ4n) is 1.32. The van der Waals surface area contributed by atoms with Crippen LogP contribution in [-0.2, 0) is 0 Å². The second kappa shape index (κ2) is 5.11. The van der Waals surface area contributed by atoms with Crippen molar-refractivity contribution in [3.8, 4) is 6.07 Å². The second-order valence-corrected chi connectivity index (χ2v) is 3.02. The molecule has 0 unspecified atom stereocenters. The van der Waals surface area contributed by atoms with Crippen molar-refractivity contribution in [3.05, 3.63) is 29.6 Å². The van der Waals surface area contributed by atoms with Crippen LogP contribution in [0.25, 0.3) is 0 Å². The number of rotatable bonds is 3. The van der Waals surface area contributed by atoms with Crippen molar-refractivity contribution in [1.29, 1.82) is 5.26 Å². The molecule has 0 saturated heterocycles. The smallest absolute Gasteiger partial charge is 0.253 e. The van der Waals surface area contributed by atoms with Crippen molar-refractivity contribution in [2.75, 3.05) is 13.1 Å². The van der Waals surface area contributed by atoms with Crippen LogP contribution < -0.4 is 0 Å². The van der Waals surface area contributed by atoms with Crippen molar-refractivity contribution in [2.45, 2.75) is 13.8 Å². The van der Waals surface area contributed by atoms with Crippen LogP contribution in [-0.4, -0.2) is 28.9 Å². The Kier molecular flexibility index (Phi) is 3.81. The number of amides is 1. The van der Waals surface area contributed by atoms with Gasteiger partial charge in [-0.25, -0.2) is 4.98 Å². The number of nitriles is 1. The zero-order valence-electron chi connectivity index (χ0n) is 8.90. The summed E-state index contributed by atoms with van der Waals surface area (Å²) in [5, 5.41) is 8.66. The Balaban J connectivity index is 2.96. The maximum atomic E-state index is 11.9. The largest absolute Gasteiger partial charge is 0.339 e. The van der Waals surface area contributed by atoms with E-state index in [0.29, 0.717) is 18.7 Å². The van der Waals surface area contributed by atoms with Crippen molar-refractivity contribution < 1.29 is 4.79 Å². The van der Waals surface area contributed by atoms with E-state index in [9.17, 15) is 4.79 Å². The predicted molar refractivity (Wildman–Crippen MR) is 56.2 cm³/mol. The summed E-state index contributed by atoms with van der Waals surface area (Å²) in [6.07, 6.45) is 1.48. The molecule has 1 aromatic rings. The van der Waals surface area contributed by atoms with Gasteiger partial charge in [-0.05, 0) is 26.0 Å². The molecule has 0 N–H and O–H groups in total. The van der Waals surface area contributed by atoms with Crippen LogP contribution in [0.1, 0.15) is 29.9 Å². The van der Waals surface area contributed by atoms with Gasteiger partial charge < -0.3 is 4.90 Å². The highest BCUT2D eigenvalue weighted by atomic mass is 16.2. The Morgan fingerprint density at radius 2 is 2.20 bits per heavy atom. The number of nitrogens with zero attached hydrogens (tertiary/aromatic N) is 3. The normalized spacial score (nSPS) is 9.40. The molecule has 0 radical (unpaired) electrons. The molecular formula is C11H13N3O. The summed E-state index contributed by atoms with van der Waals surface area (Å²) in [5.74, 6) is -0.0566. The van der Waals surface area contributed by atoms with Crippen LogP contribution >= 0.6 is 0 Å². The first-order valence-electron chi connectivity index (χ1n) is 4.88. The van der Waals surface area contributed by atoms with Gasteiger partial charge in [-0.2, -0.15) is 5.26 Å². The number of hydrogen-bond acceptors (Lipinski definition) is 3. The van der Waals surface area contributed by atoms with E-state index in [-0.39, 0.29) is 11.6 Å². The lowest BCUT2D eigenvalue weighted by molar-refractivity contribution is 0.0773. The van der Waals surface area contributed by atoms with E-state index >= 15 is 0 Å². The minimum atomic E-state index is -0.0566. The minimum Gasteiger partial charge on any atom is -0.339 e. The zero-order chi connectivity index (χ0) is 11.3. The first kappa shape index (κ1) is 11.2. The van der Waals surface area contributed by atoms with Crippen molar-refractivity contribution in [2.24, 2.45) is 0 Å². The molecule has 4 heteroatoms. The second-order valence-electron chi connectivity index (χ2n) is 3.02. The summed E-state index contributed by atoms with van der Waals surface area (Å²) in [7, 11) is 0. The Morgan fingerprint density at radius 1 is 1.53 bits per heavy atom. The molecule has 1 amide bonds. The fourth-order valence-corrected chi connectivity index (χ4v) is 1.32. The average molecular weight is 203 g/mol. The predicted octanol–water partition coefficient (Wildman–Crippen LogP) is 1.44. The summed E-state index contributed by atoms with van der Waals surface area (Å²) in [6.45, 7) is 5.18. The van der Waals surface area contributed by atoms with E-state index in [1.54, 1.807) is 11.0 Å². The summed E-state index contributed by atoms with van der Waals surface area (Å²) >= 11 is 0. The number of carbonyl (C=O) groups is 1. The molecule has 0 aliphatic carbocycles. The highest BCUT2D eigenvalue weighted by Gasteiger charge is 2.12. The molecule has 4 nitrogen and oxygen atoms in total. The standard InChI is InChI=1S/C11H13N3O/c1-3-14(4-2)11(15)9-5-6-13-10(7-9)8-12/h5-7H,3-4H2,1-2H3. The van der Waals surface area contributed by atoms with Crippen LogP contribution in [0.5, 0.6) is 0 Å². The molecule has 0 aliphatic rings. The molecule has 0 aromatic carbocycles. The molecule has 0 bridgehead atoms. The molecule has 1 aromatic heterocycles. The third kappa shape index (κ3) is 2.53. The van der Waals surface area contributed by atoms with Crippen molar-refractivity contribution >= 4 is 5.91 Å². The Hall–Kier alpha value is -1.89. The SMILES string of the molecule is CCN(CC)C(=O)c1ccnc(C#N)c1. The first-order chi connectivity index (χ1) is 7.22. The lowest BCUT2D eigenvalue weighted by atomic mass is 10.2. The molecule has 15 heavy (non-hydrogen) atoms. The number of carbonyl (C=O) groups excluding carboxylic acids is 1. The third-order valence-corrected chi connectivity index (χ3v) is 2.17. The molecule has 1 rings (SSSR count). The quantitative estimate of drug-likeness (QED) is 0.746. The van der Waals surface area contributed by atoms with E-state index in [1.807, 2.05) is 19.9 Å². The zero-order valence-corrected chi connectivity index (χ0v) is 8.90. The monoisotopic (exact) mass is 203 g/mol. The van der Waals surface area contributed by atoms with Crippen LogP contribution in [0, 0.1) is 11.3 Å². The van der Waals surface area contributed by atoms with E-state index in [2.05, 4.69) is 4.98 Å². The summed E-state index contributed by atoms with van der Waals surface area (Å²) in [4.78, 5) is 17.4. The lowest BCUT2D eigenvalue weighted by Gasteiger charge is -2.18. The maximum Gasteiger partial charge on any atom is 0.253 e. The highest BCUT2D eigenvalue weighted by Crippen LogP contribution is 2.05. The van der Waals surface area contributed by atoms with Crippen molar-refractivity contribution in [1.82, 2.24) is 9.88 Å². The molecule has 0 aliphatic heterocycles. The van der Waals surface area contributed by atoms with Gasteiger partial charge in [0.05, 0.1) is 0 Å². The third-order valence-electron chi connectivity index (χ3n) is 2.17. The topological polar surface area (TPSA) is 57.0 Å². The van der Waals surface area contributed by atoms with Gasteiger partial charge in [0.1, 0.15) is 11.8 Å². The first-order valence-corrected chi connectivity index (χ1v) is 4.88. The lowest BCUT2D eigenvalue weighted by Crippen LogP contribution is -2.30. The number of pyridine rings is 1. The highest BCUT2D eigenvalue weighted by molar-refractivity contribution is 5.94. The van der Waals surface area contributed by atoms with E-state index < -0.39 is 0 Å². The van der Waals surface area contributed by atoms with E-state index in [1.165, 1.54) is 12.3 Å². The van der Waals surface area contributed by atoms with Crippen molar-refractivity contribution in [3.63, 3.8) is 0 Å². The molecule has 0 spiro atoms. The van der Waals surface area contributed by atoms with Crippen LogP contribution in [0.4, 0.5) is 0 Å². The van der Waals surface area contributed by atoms with Gasteiger partial charge in [0, 0.05) is 24.8 Å². The van der Waals surface area contributed by atoms with Gasteiger partial charge in [0.2, 0.25) is 0 Å². The van der Waals surface area contributed by atoms with Crippen LogP contribution in [0.2, 0.25) is 0 Å². The van der Waals surface area contributed by atoms with Gasteiger partial charge in [-0.1, -0.05) is 0 Å². The Morgan fingerprint density at radius 3 is 2.73 bits per heavy atom.